The van der Waals surface area contributed by atoms with Gasteiger partial charge in [0.05, 0.1) is 31.2 Å². The molecule has 0 unspecified atom stereocenters. The molecule has 0 aliphatic carbocycles. The van der Waals surface area contributed by atoms with Gasteiger partial charge in [-0.1, -0.05) is 29.8 Å². The number of imidazole rings is 1. The highest BCUT2D eigenvalue weighted by atomic mass is 35.5. The Balaban J connectivity index is 1.38. The first-order valence-electron chi connectivity index (χ1n) is 10.5. The van der Waals surface area contributed by atoms with E-state index in [1.165, 1.54) is 0 Å². The molecular weight excluding hydrogens is 442 g/mol. The Hall–Kier alpha value is -3.71. The number of aromatic nitrogens is 2. The highest BCUT2D eigenvalue weighted by Crippen LogP contribution is 2.20. The Morgan fingerprint density at radius 1 is 0.970 bits per heavy atom. The lowest BCUT2D eigenvalue weighted by Gasteiger charge is -2.12. The molecule has 0 fully saturated rings. The summed E-state index contributed by atoms with van der Waals surface area (Å²) in [4.78, 5) is 17.0. The van der Waals surface area contributed by atoms with Crippen molar-refractivity contribution in [2.75, 3.05) is 20.3 Å². The van der Waals surface area contributed by atoms with Crippen LogP contribution in [0.4, 0.5) is 0 Å². The number of amides is 1. The maximum Gasteiger partial charge on any atom is 0.258 e. The Bertz CT molecular complexity index is 1220. The lowest BCUT2D eigenvalue weighted by molar-refractivity contribution is -0.123. The largest absolute Gasteiger partial charge is 0.497 e. The third kappa shape index (κ3) is 5.96. The summed E-state index contributed by atoms with van der Waals surface area (Å²) in [6.45, 7) is 1.19. The fraction of sp³-hybridized carbons (Fsp3) is 0.200. The second-order valence-corrected chi connectivity index (χ2v) is 7.65. The Morgan fingerprint density at radius 2 is 1.76 bits per heavy atom. The first kappa shape index (κ1) is 22.5. The van der Waals surface area contributed by atoms with Crippen molar-refractivity contribution in [3.8, 4) is 17.2 Å². The van der Waals surface area contributed by atoms with Gasteiger partial charge in [0.15, 0.2) is 6.61 Å². The number of methoxy groups -OCH3 is 1. The van der Waals surface area contributed by atoms with Crippen molar-refractivity contribution in [1.82, 2.24) is 14.9 Å². The molecule has 8 heteroatoms. The van der Waals surface area contributed by atoms with Crippen LogP contribution in [0.3, 0.4) is 0 Å². The van der Waals surface area contributed by atoms with Gasteiger partial charge in [0.1, 0.15) is 29.7 Å². The fourth-order valence-corrected chi connectivity index (χ4v) is 3.49. The molecule has 1 aromatic heterocycles. The van der Waals surface area contributed by atoms with Gasteiger partial charge in [0.2, 0.25) is 0 Å². The molecule has 1 heterocycles. The van der Waals surface area contributed by atoms with Crippen LogP contribution in [0.5, 0.6) is 17.2 Å². The number of fused-ring (bicyclic) bond motifs is 1. The van der Waals surface area contributed by atoms with Crippen LogP contribution in [-0.2, 0) is 17.9 Å². The van der Waals surface area contributed by atoms with Crippen LogP contribution < -0.4 is 19.5 Å². The first-order valence-corrected chi connectivity index (χ1v) is 10.9. The molecule has 0 bridgehead atoms. The van der Waals surface area contributed by atoms with E-state index in [2.05, 4.69) is 14.9 Å². The molecule has 170 valence electrons. The van der Waals surface area contributed by atoms with Crippen molar-refractivity contribution in [2.24, 2.45) is 0 Å². The molecule has 1 N–H and O–H groups in total. The van der Waals surface area contributed by atoms with Gasteiger partial charge in [0, 0.05) is 11.1 Å². The predicted molar refractivity (Wildman–Crippen MR) is 127 cm³/mol. The van der Waals surface area contributed by atoms with E-state index in [1.54, 1.807) is 31.4 Å². The van der Waals surface area contributed by atoms with Gasteiger partial charge in [-0.15, -0.1) is 0 Å². The topological polar surface area (TPSA) is 74.6 Å². The zero-order chi connectivity index (χ0) is 23.0. The molecule has 0 saturated carbocycles. The lowest BCUT2D eigenvalue weighted by Crippen LogP contribution is -2.29. The maximum absolute atomic E-state index is 12.3. The van der Waals surface area contributed by atoms with Crippen LogP contribution in [0.1, 0.15) is 5.82 Å². The minimum absolute atomic E-state index is 0.0964. The average Bonchev–Trinajstić information content (AvgIpc) is 3.20. The van der Waals surface area contributed by atoms with E-state index in [4.69, 9.17) is 25.8 Å². The average molecular weight is 466 g/mol. The predicted octanol–water partition coefficient (Wildman–Crippen LogP) is 4.47. The van der Waals surface area contributed by atoms with Crippen molar-refractivity contribution >= 4 is 28.5 Å². The van der Waals surface area contributed by atoms with E-state index in [9.17, 15) is 4.79 Å². The van der Waals surface area contributed by atoms with E-state index < -0.39 is 0 Å². The molecule has 4 aromatic rings. The van der Waals surface area contributed by atoms with Crippen LogP contribution in [0.2, 0.25) is 5.02 Å². The number of nitrogens with zero attached hydrogens (tertiary/aromatic N) is 2. The number of para-hydroxylation sites is 2. The summed E-state index contributed by atoms with van der Waals surface area (Å²) in [7, 11) is 1.62. The van der Waals surface area contributed by atoms with Crippen LogP contribution in [0.15, 0.2) is 72.8 Å². The van der Waals surface area contributed by atoms with Crippen molar-refractivity contribution in [3.63, 3.8) is 0 Å². The molecule has 3 aromatic carbocycles. The van der Waals surface area contributed by atoms with E-state index in [0.29, 0.717) is 23.9 Å². The molecule has 1 amide bonds. The van der Waals surface area contributed by atoms with E-state index in [1.807, 2.05) is 48.5 Å². The van der Waals surface area contributed by atoms with Gasteiger partial charge in [-0.25, -0.2) is 4.98 Å². The highest BCUT2D eigenvalue weighted by molar-refractivity contribution is 6.30. The van der Waals surface area contributed by atoms with Gasteiger partial charge >= 0.3 is 0 Å². The monoisotopic (exact) mass is 465 g/mol. The SMILES string of the molecule is COc1cccc(OCCn2c(CNC(=O)COc3ccc(Cl)cc3)nc3ccccc32)c1. The molecule has 4 rings (SSSR count). The van der Waals surface area contributed by atoms with Crippen molar-refractivity contribution in [3.05, 3.63) is 83.6 Å². The number of halogens is 1. The van der Waals surface area contributed by atoms with E-state index in [0.717, 1.165) is 28.4 Å². The number of benzene rings is 3. The molecule has 33 heavy (non-hydrogen) atoms. The minimum atomic E-state index is -0.240. The third-order valence-electron chi connectivity index (χ3n) is 4.99. The van der Waals surface area contributed by atoms with Crippen molar-refractivity contribution in [1.29, 1.82) is 0 Å². The number of hydrogen-bond acceptors (Lipinski definition) is 5. The molecule has 0 aliphatic heterocycles. The summed E-state index contributed by atoms with van der Waals surface area (Å²) in [6.07, 6.45) is 0. The standard InChI is InChI=1S/C25H24ClN3O4/c1-31-20-5-4-6-21(15-20)32-14-13-29-23-8-3-2-7-22(23)28-24(29)16-27-25(30)17-33-19-11-9-18(26)10-12-19/h2-12,15H,13-14,16-17H2,1H3,(H,27,30). The third-order valence-corrected chi connectivity index (χ3v) is 5.24. The molecular formula is C25H24ClN3O4. The van der Waals surface area contributed by atoms with Gasteiger partial charge in [0.25, 0.3) is 5.91 Å². The number of nitrogens with one attached hydrogen (secondary N) is 1. The minimum Gasteiger partial charge on any atom is -0.497 e. The number of ether oxygens (including phenoxy) is 3. The molecule has 7 nitrogen and oxygen atoms in total. The Labute approximate surface area is 196 Å². The lowest BCUT2D eigenvalue weighted by atomic mass is 10.3. The van der Waals surface area contributed by atoms with Crippen molar-refractivity contribution in [2.45, 2.75) is 13.1 Å². The zero-order valence-electron chi connectivity index (χ0n) is 18.2. The summed E-state index contributed by atoms with van der Waals surface area (Å²) < 4.78 is 18.7. The summed E-state index contributed by atoms with van der Waals surface area (Å²) in [6, 6.07) is 22.2. The van der Waals surface area contributed by atoms with Crippen molar-refractivity contribution < 1.29 is 19.0 Å². The molecule has 0 saturated heterocycles. The summed E-state index contributed by atoms with van der Waals surface area (Å²) in [5.74, 6) is 2.55. The second kappa shape index (κ2) is 10.7. The highest BCUT2D eigenvalue weighted by Gasteiger charge is 2.12. The summed E-state index contributed by atoms with van der Waals surface area (Å²) in [5.41, 5.74) is 1.84. The number of rotatable bonds is 10. The fourth-order valence-electron chi connectivity index (χ4n) is 3.36. The number of hydrogen-bond donors (Lipinski definition) is 1. The van der Waals surface area contributed by atoms with Gasteiger partial charge in [-0.3, -0.25) is 4.79 Å². The maximum atomic E-state index is 12.3. The Kier molecular flexibility index (Phi) is 7.32. The van der Waals surface area contributed by atoms with Gasteiger partial charge in [-0.2, -0.15) is 0 Å². The van der Waals surface area contributed by atoms with Gasteiger partial charge < -0.3 is 24.1 Å². The van der Waals surface area contributed by atoms with Crippen LogP contribution in [-0.4, -0.2) is 35.8 Å². The molecule has 0 aliphatic rings. The Morgan fingerprint density at radius 3 is 2.58 bits per heavy atom. The number of carbonyl (C=O) groups excluding carboxylic acids is 1. The molecule has 0 atom stereocenters. The zero-order valence-corrected chi connectivity index (χ0v) is 18.9. The van der Waals surface area contributed by atoms with Crippen LogP contribution >= 0.6 is 11.6 Å². The molecule has 0 radical (unpaired) electrons. The van der Waals surface area contributed by atoms with E-state index >= 15 is 0 Å². The number of carbonyl (C=O) groups is 1. The second-order valence-electron chi connectivity index (χ2n) is 7.22. The molecule has 0 spiro atoms. The summed E-state index contributed by atoms with van der Waals surface area (Å²) in [5, 5.41) is 3.49. The van der Waals surface area contributed by atoms with E-state index in [-0.39, 0.29) is 19.1 Å². The van der Waals surface area contributed by atoms with Gasteiger partial charge in [-0.05, 0) is 48.5 Å². The normalized spacial score (nSPS) is 10.7. The summed E-state index contributed by atoms with van der Waals surface area (Å²) >= 11 is 5.87. The smallest absolute Gasteiger partial charge is 0.258 e. The quantitative estimate of drug-likeness (QED) is 0.374. The van der Waals surface area contributed by atoms with Crippen LogP contribution in [0.25, 0.3) is 11.0 Å². The first-order chi connectivity index (χ1) is 16.1. The van der Waals surface area contributed by atoms with Crippen LogP contribution in [0, 0.1) is 0 Å².